The molecule has 1 aromatic heterocycles. The maximum absolute atomic E-state index is 2.48. The van der Waals surface area contributed by atoms with Crippen LogP contribution in [0.4, 0.5) is 34.1 Å². The van der Waals surface area contributed by atoms with Crippen LogP contribution in [0, 0.1) is 0 Å². The predicted molar refractivity (Wildman–Crippen MR) is 156 cm³/mol. The Hall–Kier alpha value is -4.28. The average molecular weight is 476 g/mol. The van der Waals surface area contributed by atoms with Crippen molar-refractivity contribution in [1.82, 2.24) is 0 Å². The van der Waals surface area contributed by atoms with Crippen molar-refractivity contribution in [2.45, 2.75) is 0 Å². The lowest BCUT2D eigenvalue weighted by Gasteiger charge is -2.44. The van der Waals surface area contributed by atoms with E-state index in [1.807, 2.05) is 11.3 Å². The molecule has 2 aliphatic rings. The largest absolute Gasteiger partial charge is 0.311 e. The van der Waals surface area contributed by atoms with E-state index in [2.05, 4.69) is 137 Å². The SMILES string of the molecule is c1ccc(N2c3ccccc3B3c4ccc5sccc5c4N(c4ccccc4)c4cccc2c43)cc1. The molecule has 8 rings (SSSR count). The molecule has 0 saturated heterocycles. The second-order valence-electron chi connectivity index (χ2n) is 9.38. The molecule has 0 aliphatic carbocycles. The van der Waals surface area contributed by atoms with Gasteiger partial charge in [0.2, 0.25) is 0 Å². The first-order chi connectivity index (χ1) is 17.9. The zero-order valence-corrected chi connectivity index (χ0v) is 20.3. The van der Waals surface area contributed by atoms with Gasteiger partial charge in [0, 0.05) is 38.5 Å². The molecular weight excluding hydrogens is 455 g/mol. The summed E-state index contributed by atoms with van der Waals surface area (Å²) in [5.74, 6) is 0. The Labute approximate surface area is 214 Å². The van der Waals surface area contributed by atoms with Crippen molar-refractivity contribution in [1.29, 1.82) is 0 Å². The summed E-state index contributed by atoms with van der Waals surface area (Å²) in [6, 6.07) is 44.2. The van der Waals surface area contributed by atoms with Gasteiger partial charge < -0.3 is 9.80 Å². The van der Waals surface area contributed by atoms with Crippen LogP contribution < -0.4 is 26.2 Å². The molecule has 0 amide bonds. The summed E-state index contributed by atoms with van der Waals surface area (Å²) in [7, 11) is 0. The molecular formula is C32H21BN2S. The lowest BCUT2D eigenvalue weighted by Crippen LogP contribution is -2.61. The normalized spacial score (nSPS) is 13.4. The molecule has 5 aromatic carbocycles. The minimum atomic E-state index is 0.173. The molecule has 0 spiro atoms. The standard InChI is InChI=1S/C32H21BN2S/c1-3-10-22(11-4-1)34-27-15-8-7-14-25(27)33-26-18-19-30-24(20-21-36-30)32(26)35(23-12-5-2-6-13-23)29-17-9-16-28(34)31(29)33/h1-21H. The second-order valence-corrected chi connectivity index (χ2v) is 10.3. The number of anilines is 6. The predicted octanol–water partition coefficient (Wildman–Crippen LogP) is 6.98. The van der Waals surface area contributed by atoms with Crippen LogP contribution in [0.2, 0.25) is 0 Å². The number of fused-ring (bicyclic) bond motifs is 6. The van der Waals surface area contributed by atoms with Gasteiger partial charge in [-0.05, 0) is 76.4 Å². The molecule has 0 atom stereocenters. The fourth-order valence-electron chi connectivity index (χ4n) is 6.12. The van der Waals surface area contributed by atoms with Crippen molar-refractivity contribution >= 4 is 78.6 Å². The third-order valence-electron chi connectivity index (χ3n) is 7.52. The van der Waals surface area contributed by atoms with Crippen LogP contribution in [0.1, 0.15) is 0 Å². The Balaban J connectivity index is 1.51. The quantitative estimate of drug-likeness (QED) is 0.248. The van der Waals surface area contributed by atoms with Crippen LogP contribution in [0.25, 0.3) is 10.1 Å². The number of nitrogens with zero attached hydrogens (tertiary/aromatic N) is 2. The first-order valence-corrected chi connectivity index (χ1v) is 13.2. The van der Waals surface area contributed by atoms with Gasteiger partial charge >= 0.3 is 0 Å². The molecule has 0 bridgehead atoms. The van der Waals surface area contributed by atoms with Crippen LogP contribution in [-0.2, 0) is 0 Å². The number of hydrogen-bond donors (Lipinski definition) is 0. The topological polar surface area (TPSA) is 6.48 Å². The van der Waals surface area contributed by atoms with Crippen LogP contribution in [0.15, 0.2) is 127 Å². The first kappa shape index (κ1) is 20.0. The van der Waals surface area contributed by atoms with E-state index in [0.717, 1.165) is 0 Å². The highest BCUT2D eigenvalue weighted by atomic mass is 32.1. The Morgan fingerprint density at radius 1 is 0.500 bits per heavy atom. The van der Waals surface area contributed by atoms with E-state index in [1.54, 1.807) is 0 Å². The summed E-state index contributed by atoms with van der Waals surface area (Å²) >= 11 is 1.81. The summed E-state index contributed by atoms with van der Waals surface area (Å²) in [6.45, 7) is 0.173. The Morgan fingerprint density at radius 3 is 1.92 bits per heavy atom. The molecule has 6 aromatic rings. The molecule has 4 heteroatoms. The van der Waals surface area contributed by atoms with E-state index in [9.17, 15) is 0 Å². The molecule has 2 nitrogen and oxygen atoms in total. The van der Waals surface area contributed by atoms with E-state index >= 15 is 0 Å². The van der Waals surface area contributed by atoms with E-state index in [0.29, 0.717) is 0 Å². The summed E-state index contributed by atoms with van der Waals surface area (Å²) < 4.78 is 1.32. The number of rotatable bonds is 2. The highest BCUT2D eigenvalue weighted by Crippen LogP contribution is 2.45. The fraction of sp³-hybridized carbons (Fsp3) is 0. The molecule has 36 heavy (non-hydrogen) atoms. The maximum atomic E-state index is 2.48. The number of para-hydroxylation sites is 3. The van der Waals surface area contributed by atoms with Gasteiger partial charge in [0.1, 0.15) is 0 Å². The molecule has 0 fully saturated rings. The maximum Gasteiger partial charge on any atom is 0.252 e. The van der Waals surface area contributed by atoms with Gasteiger partial charge in [-0.1, -0.05) is 66.7 Å². The van der Waals surface area contributed by atoms with Gasteiger partial charge in [0.05, 0.1) is 5.69 Å². The van der Waals surface area contributed by atoms with Crippen LogP contribution in [0.3, 0.4) is 0 Å². The molecule has 2 aliphatic heterocycles. The monoisotopic (exact) mass is 476 g/mol. The van der Waals surface area contributed by atoms with E-state index in [-0.39, 0.29) is 6.71 Å². The van der Waals surface area contributed by atoms with Crippen LogP contribution in [-0.4, -0.2) is 6.71 Å². The fourth-order valence-corrected chi connectivity index (χ4v) is 6.91. The highest BCUT2D eigenvalue weighted by Gasteiger charge is 2.43. The third-order valence-corrected chi connectivity index (χ3v) is 8.40. The van der Waals surface area contributed by atoms with Crippen molar-refractivity contribution in [3.8, 4) is 0 Å². The zero-order valence-electron chi connectivity index (χ0n) is 19.5. The third kappa shape index (κ3) is 2.68. The number of thiophene rings is 1. The van der Waals surface area contributed by atoms with Gasteiger partial charge in [-0.2, -0.15) is 0 Å². The number of benzene rings is 5. The Morgan fingerprint density at radius 2 is 1.14 bits per heavy atom. The average Bonchev–Trinajstić information content (AvgIpc) is 3.43. The van der Waals surface area contributed by atoms with Crippen molar-refractivity contribution in [2.75, 3.05) is 9.80 Å². The van der Waals surface area contributed by atoms with Crippen LogP contribution >= 0.6 is 11.3 Å². The summed E-state index contributed by atoms with van der Waals surface area (Å²) in [4.78, 5) is 4.92. The highest BCUT2D eigenvalue weighted by molar-refractivity contribution is 7.17. The second kappa shape index (κ2) is 7.61. The number of hydrogen-bond acceptors (Lipinski definition) is 3. The summed E-state index contributed by atoms with van der Waals surface area (Å²) in [5, 5.41) is 3.53. The van der Waals surface area contributed by atoms with E-state index in [1.165, 1.54) is 60.6 Å². The van der Waals surface area contributed by atoms with Gasteiger partial charge in [0.15, 0.2) is 0 Å². The van der Waals surface area contributed by atoms with E-state index in [4.69, 9.17) is 0 Å². The zero-order chi connectivity index (χ0) is 23.6. The Kier molecular flexibility index (Phi) is 4.22. The van der Waals surface area contributed by atoms with Crippen molar-refractivity contribution in [3.05, 3.63) is 127 Å². The molecule has 0 unspecified atom stereocenters. The molecule has 168 valence electrons. The van der Waals surface area contributed by atoms with Gasteiger partial charge in [-0.15, -0.1) is 11.3 Å². The molecule has 0 saturated carbocycles. The molecule has 3 heterocycles. The van der Waals surface area contributed by atoms with Crippen molar-refractivity contribution in [2.24, 2.45) is 0 Å². The minimum Gasteiger partial charge on any atom is -0.311 e. The first-order valence-electron chi connectivity index (χ1n) is 12.3. The lowest BCUT2D eigenvalue weighted by atomic mass is 9.33. The van der Waals surface area contributed by atoms with Crippen LogP contribution in [0.5, 0.6) is 0 Å². The van der Waals surface area contributed by atoms with Gasteiger partial charge in [-0.3, -0.25) is 0 Å². The summed E-state index contributed by atoms with van der Waals surface area (Å²) in [6.07, 6.45) is 0. The lowest BCUT2D eigenvalue weighted by molar-refractivity contribution is 1.26. The molecule has 0 N–H and O–H groups in total. The van der Waals surface area contributed by atoms with Crippen molar-refractivity contribution < 1.29 is 0 Å². The smallest absolute Gasteiger partial charge is 0.252 e. The Bertz CT molecular complexity index is 1760. The minimum absolute atomic E-state index is 0.173. The molecule has 0 radical (unpaired) electrons. The summed E-state index contributed by atoms with van der Waals surface area (Å²) in [5.41, 5.74) is 11.5. The van der Waals surface area contributed by atoms with Gasteiger partial charge in [0.25, 0.3) is 6.71 Å². The van der Waals surface area contributed by atoms with E-state index < -0.39 is 0 Å². The van der Waals surface area contributed by atoms with Gasteiger partial charge in [-0.25, -0.2) is 0 Å². The van der Waals surface area contributed by atoms with Crippen molar-refractivity contribution in [3.63, 3.8) is 0 Å².